The molecule has 0 atom stereocenters. The Hall–Kier alpha value is -1.51. The Morgan fingerprint density at radius 1 is 1.69 bits per heavy atom. The lowest BCUT2D eigenvalue weighted by Crippen LogP contribution is -2.31. The molecule has 4 nitrogen and oxygen atoms in total. The van der Waals surface area contributed by atoms with E-state index in [4.69, 9.17) is 10.8 Å². The molecule has 0 fully saturated rings. The first-order valence-electron chi connectivity index (χ1n) is 4.81. The van der Waals surface area contributed by atoms with Crippen molar-refractivity contribution >= 4 is 17.4 Å². The summed E-state index contributed by atoms with van der Waals surface area (Å²) in [7, 11) is 1.65. The predicted molar refractivity (Wildman–Crippen MR) is 64.0 cm³/mol. The maximum absolute atomic E-state index is 10.8. The van der Waals surface area contributed by atoms with Gasteiger partial charge in [0, 0.05) is 29.3 Å². The van der Waals surface area contributed by atoms with Gasteiger partial charge in [-0.05, 0) is 6.07 Å². The highest BCUT2D eigenvalue weighted by Crippen LogP contribution is 2.15. The third-order valence-corrected chi connectivity index (χ3v) is 2.81. The first kappa shape index (κ1) is 12.6. The van der Waals surface area contributed by atoms with Gasteiger partial charge in [-0.2, -0.15) is 0 Å². The molecule has 86 valence electrons. The Morgan fingerprint density at radius 2 is 2.44 bits per heavy atom. The van der Waals surface area contributed by atoms with Gasteiger partial charge in [0.25, 0.3) is 0 Å². The Balaban J connectivity index is 2.59. The second-order valence-electron chi connectivity index (χ2n) is 3.27. The summed E-state index contributed by atoms with van der Waals surface area (Å²) in [5, 5.41) is 10.5. The number of carbonyl (C=O) groups is 1. The maximum atomic E-state index is 10.8. The van der Waals surface area contributed by atoms with E-state index in [1.165, 1.54) is 16.2 Å². The second kappa shape index (κ2) is 6.16. The van der Waals surface area contributed by atoms with Gasteiger partial charge in [0.15, 0.2) is 0 Å². The minimum Gasteiger partial charge on any atom is -0.395 e. The summed E-state index contributed by atoms with van der Waals surface area (Å²) in [6.07, 6.45) is 0.479. The minimum atomic E-state index is -0.443. The molecule has 5 heteroatoms. The fourth-order valence-electron chi connectivity index (χ4n) is 1.06. The van der Waals surface area contributed by atoms with Crippen LogP contribution in [0.25, 0.3) is 0 Å². The van der Waals surface area contributed by atoms with Crippen molar-refractivity contribution in [3.05, 3.63) is 21.9 Å². The van der Waals surface area contributed by atoms with E-state index in [1.54, 1.807) is 7.05 Å². The van der Waals surface area contributed by atoms with E-state index >= 15 is 0 Å². The summed E-state index contributed by atoms with van der Waals surface area (Å²) < 4.78 is 0. The maximum Gasteiger partial charge on any atom is 0.314 e. The number of thiophene rings is 1. The van der Waals surface area contributed by atoms with Gasteiger partial charge in [-0.3, -0.25) is 0 Å². The van der Waals surface area contributed by atoms with Gasteiger partial charge < -0.3 is 15.7 Å². The number of urea groups is 1. The van der Waals surface area contributed by atoms with Crippen molar-refractivity contribution in [1.82, 2.24) is 4.90 Å². The number of nitrogens with two attached hydrogens (primary N) is 1. The molecule has 0 aliphatic heterocycles. The van der Waals surface area contributed by atoms with Gasteiger partial charge in [-0.25, -0.2) is 4.79 Å². The molecule has 16 heavy (non-hydrogen) atoms. The molecule has 1 aromatic rings. The van der Waals surface area contributed by atoms with Gasteiger partial charge >= 0.3 is 6.03 Å². The number of aliphatic hydroxyl groups excluding tert-OH is 1. The molecule has 1 aromatic heterocycles. The molecule has 0 unspecified atom stereocenters. The van der Waals surface area contributed by atoms with Gasteiger partial charge in [0.2, 0.25) is 0 Å². The first-order chi connectivity index (χ1) is 7.63. The average Bonchev–Trinajstić information content (AvgIpc) is 2.66. The lowest BCUT2D eigenvalue weighted by Gasteiger charge is -2.11. The predicted octanol–water partition coefficient (Wildman–Crippen LogP) is 0.993. The van der Waals surface area contributed by atoms with Crippen LogP contribution < -0.4 is 5.73 Å². The number of amides is 2. The molecule has 0 aliphatic rings. The third-order valence-electron chi connectivity index (χ3n) is 1.89. The highest BCUT2D eigenvalue weighted by atomic mass is 32.1. The summed E-state index contributed by atoms with van der Waals surface area (Å²) in [5.41, 5.74) is 6.03. The molecule has 0 radical (unpaired) electrons. The topological polar surface area (TPSA) is 66.6 Å². The van der Waals surface area contributed by atoms with E-state index in [2.05, 4.69) is 11.8 Å². The van der Waals surface area contributed by atoms with Crippen LogP contribution in [0.4, 0.5) is 4.79 Å². The van der Waals surface area contributed by atoms with Crippen LogP contribution in [0, 0.1) is 11.8 Å². The molecule has 1 rings (SSSR count). The summed E-state index contributed by atoms with van der Waals surface area (Å²) in [4.78, 5) is 13.3. The van der Waals surface area contributed by atoms with E-state index in [9.17, 15) is 4.79 Å². The summed E-state index contributed by atoms with van der Waals surface area (Å²) >= 11 is 1.54. The lowest BCUT2D eigenvalue weighted by molar-refractivity contribution is 0.217. The van der Waals surface area contributed by atoms with E-state index in [1.807, 2.05) is 11.4 Å². The Labute approximate surface area is 98.7 Å². The van der Waals surface area contributed by atoms with Crippen molar-refractivity contribution < 1.29 is 9.90 Å². The van der Waals surface area contributed by atoms with Gasteiger partial charge in [0.1, 0.15) is 0 Å². The number of nitrogens with zero attached hydrogens (tertiary/aromatic N) is 1. The Morgan fingerprint density at radius 3 is 3.06 bits per heavy atom. The van der Waals surface area contributed by atoms with Crippen LogP contribution in [0.2, 0.25) is 0 Å². The van der Waals surface area contributed by atoms with Gasteiger partial charge in [-0.1, -0.05) is 11.8 Å². The molecule has 0 aromatic carbocycles. The average molecular weight is 238 g/mol. The number of hydrogen-bond donors (Lipinski definition) is 2. The fourth-order valence-corrected chi connectivity index (χ4v) is 1.93. The van der Waals surface area contributed by atoms with Crippen LogP contribution in [-0.4, -0.2) is 29.7 Å². The summed E-state index contributed by atoms with van der Waals surface area (Å²) in [5.74, 6) is 5.78. The van der Waals surface area contributed by atoms with E-state index in [-0.39, 0.29) is 6.61 Å². The molecule has 0 bridgehead atoms. The third kappa shape index (κ3) is 3.93. The minimum absolute atomic E-state index is 0.0778. The fraction of sp³-hybridized carbons (Fsp3) is 0.364. The van der Waals surface area contributed by atoms with Crippen LogP contribution in [0.1, 0.15) is 16.9 Å². The van der Waals surface area contributed by atoms with Crippen LogP contribution in [-0.2, 0) is 6.54 Å². The smallest absolute Gasteiger partial charge is 0.314 e. The summed E-state index contributed by atoms with van der Waals surface area (Å²) in [6, 6.07) is 1.48. The lowest BCUT2D eigenvalue weighted by atomic mass is 10.3. The molecule has 0 saturated carbocycles. The van der Waals surface area contributed by atoms with Gasteiger partial charge in [0.05, 0.1) is 13.2 Å². The van der Waals surface area contributed by atoms with E-state index in [0.29, 0.717) is 13.0 Å². The molecule has 3 N–H and O–H groups in total. The SMILES string of the molecule is CN(Cc1cc(C#CCCO)cs1)C(N)=O. The van der Waals surface area contributed by atoms with Crippen molar-refractivity contribution in [1.29, 1.82) is 0 Å². The first-order valence-corrected chi connectivity index (χ1v) is 5.69. The second-order valence-corrected chi connectivity index (χ2v) is 4.27. The molecule has 2 amide bonds. The molecular weight excluding hydrogens is 224 g/mol. The number of hydrogen-bond acceptors (Lipinski definition) is 3. The zero-order valence-electron chi connectivity index (χ0n) is 9.06. The largest absolute Gasteiger partial charge is 0.395 e. The quantitative estimate of drug-likeness (QED) is 0.771. The zero-order chi connectivity index (χ0) is 12.0. The number of primary amides is 1. The van der Waals surface area contributed by atoms with E-state index in [0.717, 1.165) is 10.4 Å². The number of rotatable bonds is 3. The van der Waals surface area contributed by atoms with Crippen LogP contribution in [0.5, 0.6) is 0 Å². The van der Waals surface area contributed by atoms with Crippen molar-refractivity contribution in [2.45, 2.75) is 13.0 Å². The van der Waals surface area contributed by atoms with Crippen LogP contribution in [0.3, 0.4) is 0 Å². The molecule has 0 spiro atoms. The summed E-state index contributed by atoms with van der Waals surface area (Å²) in [6.45, 7) is 0.579. The van der Waals surface area contributed by atoms with Gasteiger partial charge in [-0.15, -0.1) is 11.3 Å². The van der Waals surface area contributed by atoms with E-state index < -0.39 is 6.03 Å². The molecular formula is C11H14N2O2S. The monoisotopic (exact) mass is 238 g/mol. The van der Waals surface area contributed by atoms with Crippen LogP contribution >= 0.6 is 11.3 Å². The molecule has 0 saturated heterocycles. The van der Waals surface area contributed by atoms with Crippen molar-refractivity contribution in [2.75, 3.05) is 13.7 Å². The Bertz CT molecular complexity index is 417. The zero-order valence-corrected chi connectivity index (χ0v) is 9.88. The van der Waals surface area contributed by atoms with Crippen LogP contribution in [0.15, 0.2) is 11.4 Å². The highest BCUT2D eigenvalue weighted by molar-refractivity contribution is 7.10. The standard InChI is InChI=1S/C11H14N2O2S/c1-13(11(12)15)7-10-6-9(8-16-10)4-2-3-5-14/h6,8,14H,3,5,7H2,1H3,(H2,12,15). The molecule has 0 aliphatic carbocycles. The van der Waals surface area contributed by atoms with Crippen molar-refractivity contribution in [3.8, 4) is 11.8 Å². The Kier molecular flexibility index (Phi) is 4.83. The number of aliphatic hydroxyl groups is 1. The normalized spacial score (nSPS) is 9.38. The molecule has 1 heterocycles. The van der Waals surface area contributed by atoms with Crippen molar-refractivity contribution in [3.63, 3.8) is 0 Å². The van der Waals surface area contributed by atoms with Crippen molar-refractivity contribution in [2.24, 2.45) is 5.73 Å². The highest BCUT2D eigenvalue weighted by Gasteiger charge is 2.05. The number of carbonyl (C=O) groups excluding carboxylic acids is 1.